The minimum absolute atomic E-state index is 0.479. The molecule has 0 aliphatic heterocycles. The molecular weight excluding hydrogens is 208 g/mol. The largest absolute Gasteiger partial charge is 0.374 e. The molecule has 2 aromatic rings. The van der Waals surface area contributed by atoms with Gasteiger partial charge in [-0.2, -0.15) is 9.36 Å². The first-order chi connectivity index (χ1) is 7.29. The van der Waals surface area contributed by atoms with Gasteiger partial charge in [-0.05, 0) is 24.1 Å². The van der Waals surface area contributed by atoms with Crippen LogP contribution < -0.4 is 5.73 Å². The van der Waals surface area contributed by atoms with E-state index in [1.165, 1.54) is 17.1 Å². The number of pyridine rings is 1. The fourth-order valence-corrected chi connectivity index (χ4v) is 1.82. The summed E-state index contributed by atoms with van der Waals surface area (Å²) in [7, 11) is 0. The number of hydrogen-bond donors (Lipinski definition) is 1. The van der Waals surface area contributed by atoms with Gasteiger partial charge in [-0.25, -0.2) is 0 Å². The third-order valence-electron chi connectivity index (χ3n) is 2.03. The summed E-state index contributed by atoms with van der Waals surface area (Å²) < 4.78 is 4.13. The fraction of sp³-hybridized carbons (Fsp3) is 0.300. The van der Waals surface area contributed by atoms with E-state index in [9.17, 15) is 0 Å². The Kier molecular flexibility index (Phi) is 2.91. The van der Waals surface area contributed by atoms with Crippen LogP contribution in [0.2, 0.25) is 0 Å². The number of nitrogen functional groups attached to an aromatic ring is 1. The Morgan fingerprint density at radius 1 is 1.47 bits per heavy atom. The molecule has 5 heteroatoms. The highest BCUT2D eigenvalue weighted by Gasteiger charge is 2.06. The van der Waals surface area contributed by atoms with E-state index < -0.39 is 0 Å². The molecule has 15 heavy (non-hydrogen) atoms. The minimum Gasteiger partial charge on any atom is -0.374 e. The number of nitrogens with two attached hydrogens (primary N) is 1. The smallest absolute Gasteiger partial charge is 0.200 e. The highest BCUT2D eigenvalue weighted by atomic mass is 32.1. The molecule has 0 atom stereocenters. The first-order valence-corrected chi connectivity index (χ1v) is 5.61. The Morgan fingerprint density at radius 3 is 3.00 bits per heavy atom. The molecule has 0 fully saturated rings. The van der Waals surface area contributed by atoms with Crippen molar-refractivity contribution >= 4 is 16.7 Å². The van der Waals surface area contributed by atoms with Crippen LogP contribution >= 0.6 is 11.5 Å². The molecule has 2 heterocycles. The Morgan fingerprint density at radius 2 is 2.33 bits per heavy atom. The number of nitrogens with zero attached hydrogens (tertiary/aromatic N) is 3. The van der Waals surface area contributed by atoms with Crippen LogP contribution in [0.1, 0.15) is 18.9 Å². The van der Waals surface area contributed by atoms with E-state index in [1.807, 2.05) is 12.1 Å². The molecule has 0 bridgehead atoms. The maximum atomic E-state index is 5.53. The fourth-order valence-electron chi connectivity index (χ4n) is 1.38. The molecule has 0 unspecified atom stereocenters. The van der Waals surface area contributed by atoms with E-state index in [2.05, 4.69) is 21.3 Å². The lowest BCUT2D eigenvalue weighted by Gasteiger charge is -1.99. The van der Waals surface area contributed by atoms with Crippen LogP contribution in [0.5, 0.6) is 0 Å². The Balaban J connectivity index is 2.32. The first-order valence-electron chi connectivity index (χ1n) is 4.84. The van der Waals surface area contributed by atoms with Crippen molar-refractivity contribution in [3.05, 3.63) is 23.9 Å². The van der Waals surface area contributed by atoms with E-state index in [4.69, 9.17) is 5.73 Å². The number of hydrogen-bond acceptors (Lipinski definition) is 5. The Hall–Kier alpha value is -1.49. The van der Waals surface area contributed by atoms with Crippen LogP contribution in [0.3, 0.4) is 0 Å². The van der Waals surface area contributed by atoms with Gasteiger partial charge in [0.1, 0.15) is 5.69 Å². The number of rotatable bonds is 3. The molecule has 0 saturated carbocycles. The van der Waals surface area contributed by atoms with E-state index in [1.54, 1.807) is 6.20 Å². The van der Waals surface area contributed by atoms with Crippen molar-refractivity contribution < 1.29 is 0 Å². The van der Waals surface area contributed by atoms with Gasteiger partial charge < -0.3 is 5.73 Å². The topological polar surface area (TPSA) is 64.7 Å². The maximum absolute atomic E-state index is 5.53. The second-order valence-electron chi connectivity index (χ2n) is 3.26. The predicted octanol–water partition coefficient (Wildman–Crippen LogP) is 2.13. The maximum Gasteiger partial charge on any atom is 0.200 e. The number of anilines is 1. The molecule has 0 aliphatic rings. The molecule has 0 aromatic carbocycles. The van der Waals surface area contributed by atoms with Crippen molar-refractivity contribution in [2.75, 3.05) is 5.73 Å². The van der Waals surface area contributed by atoms with Crippen LogP contribution in [0.4, 0.5) is 5.13 Å². The summed E-state index contributed by atoms with van der Waals surface area (Å²) in [6, 6.07) is 4.04. The average molecular weight is 220 g/mol. The summed E-state index contributed by atoms with van der Waals surface area (Å²) in [5, 5.41) is 0.479. The van der Waals surface area contributed by atoms with E-state index >= 15 is 0 Å². The van der Waals surface area contributed by atoms with Gasteiger partial charge in [-0.15, -0.1) is 0 Å². The summed E-state index contributed by atoms with van der Waals surface area (Å²) in [4.78, 5) is 8.34. The van der Waals surface area contributed by atoms with Crippen LogP contribution in [-0.4, -0.2) is 14.3 Å². The van der Waals surface area contributed by atoms with Crippen LogP contribution in [0.25, 0.3) is 11.5 Å². The third-order valence-corrected chi connectivity index (χ3v) is 2.58. The normalized spacial score (nSPS) is 10.5. The summed E-state index contributed by atoms with van der Waals surface area (Å²) >= 11 is 1.20. The number of aromatic nitrogens is 3. The lowest BCUT2D eigenvalue weighted by atomic mass is 10.1. The van der Waals surface area contributed by atoms with Crippen LogP contribution in [0.15, 0.2) is 18.3 Å². The summed E-state index contributed by atoms with van der Waals surface area (Å²) in [5.41, 5.74) is 7.59. The second kappa shape index (κ2) is 4.35. The van der Waals surface area contributed by atoms with Crippen molar-refractivity contribution in [1.29, 1.82) is 0 Å². The molecule has 0 amide bonds. The van der Waals surface area contributed by atoms with Gasteiger partial charge in [-0.3, -0.25) is 4.98 Å². The highest BCUT2D eigenvalue weighted by molar-refractivity contribution is 7.09. The predicted molar refractivity (Wildman–Crippen MR) is 61.5 cm³/mol. The monoisotopic (exact) mass is 220 g/mol. The first kappa shape index (κ1) is 10.0. The molecule has 0 radical (unpaired) electrons. The molecular formula is C10H12N4S. The quantitative estimate of drug-likeness (QED) is 0.860. The average Bonchev–Trinajstić information content (AvgIpc) is 2.66. The van der Waals surface area contributed by atoms with Gasteiger partial charge in [0.25, 0.3) is 0 Å². The van der Waals surface area contributed by atoms with Gasteiger partial charge in [0.2, 0.25) is 0 Å². The summed E-state index contributed by atoms with van der Waals surface area (Å²) in [5.74, 6) is 0.621. The van der Waals surface area contributed by atoms with Crippen molar-refractivity contribution in [2.45, 2.75) is 19.8 Å². The van der Waals surface area contributed by atoms with Gasteiger partial charge in [-0.1, -0.05) is 13.3 Å². The van der Waals surface area contributed by atoms with Gasteiger partial charge >= 0.3 is 0 Å². The lowest BCUT2D eigenvalue weighted by Crippen LogP contribution is -1.90. The van der Waals surface area contributed by atoms with Gasteiger partial charge in [0, 0.05) is 17.7 Å². The van der Waals surface area contributed by atoms with Crippen LogP contribution in [-0.2, 0) is 6.42 Å². The van der Waals surface area contributed by atoms with E-state index in [-0.39, 0.29) is 0 Å². The number of aryl methyl sites for hydroxylation is 1. The molecule has 0 aliphatic carbocycles. The van der Waals surface area contributed by atoms with E-state index in [0.717, 1.165) is 18.5 Å². The third kappa shape index (κ3) is 2.30. The Labute approximate surface area is 92.4 Å². The zero-order chi connectivity index (χ0) is 10.7. The van der Waals surface area contributed by atoms with Crippen molar-refractivity contribution in [3.63, 3.8) is 0 Å². The molecule has 0 spiro atoms. The Bertz CT molecular complexity index is 452. The van der Waals surface area contributed by atoms with Crippen molar-refractivity contribution in [2.24, 2.45) is 0 Å². The zero-order valence-corrected chi connectivity index (χ0v) is 9.29. The molecule has 4 nitrogen and oxygen atoms in total. The van der Waals surface area contributed by atoms with Gasteiger partial charge in [0.05, 0.1) is 0 Å². The second-order valence-corrected chi connectivity index (χ2v) is 4.04. The SMILES string of the molecule is CCCc1ccnc(-c2nsc(N)n2)c1. The highest BCUT2D eigenvalue weighted by Crippen LogP contribution is 2.18. The molecule has 78 valence electrons. The zero-order valence-electron chi connectivity index (χ0n) is 8.47. The molecule has 2 N–H and O–H groups in total. The standard InChI is InChI=1S/C10H12N4S/c1-2-3-7-4-5-12-8(6-7)9-13-10(11)15-14-9/h4-6H,2-3H2,1H3,(H2,11,13,14). The van der Waals surface area contributed by atoms with Crippen LogP contribution in [0, 0.1) is 0 Å². The lowest BCUT2D eigenvalue weighted by molar-refractivity contribution is 0.918. The summed E-state index contributed by atoms with van der Waals surface area (Å²) in [6.45, 7) is 2.15. The molecule has 2 aromatic heterocycles. The van der Waals surface area contributed by atoms with Crippen molar-refractivity contribution in [3.8, 4) is 11.5 Å². The summed E-state index contributed by atoms with van der Waals surface area (Å²) in [6.07, 6.45) is 3.96. The van der Waals surface area contributed by atoms with Crippen molar-refractivity contribution in [1.82, 2.24) is 14.3 Å². The minimum atomic E-state index is 0.479. The van der Waals surface area contributed by atoms with Gasteiger partial charge in [0.15, 0.2) is 11.0 Å². The molecule has 0 saturated heterocycles. The van der Waals surface area contributed by atoms with E-state index in [0.29, 0.717) is 11.0 Å². The molecule has 2 rings (SSSR count).